The van der Waals surface area contributed by atoms with Gasteiger partial charge in [0.25, 0.3) is 0 Å². The van der Waals surface area contributed by atoms with Crippen molar-refractivity contribution in [1.29, 1.82) is 0 Å². The molecular formula is C26H23N5O3S. The third kappa shape index (κ3) is 4.85. The van der Waals surface area contributed by atoms with E-state index >= 15 is 0 Å². The lowest BCUT2D eigenvalue weighted by atomic mass is 10.1. The molecule has 0 bridgehead atoms. The highest BCUT2D eigenvalue weighted by molar-refractivity contribution is 7.17. The van der Waals surface area contributed by atoms with Gasteiger partial charge < -0.3 is 20.3 Å². The van der Waals surface area contributed by atoms with Crippen molar-refractivity contribution in [3.05, 3.63) is 72.1 Å². The molecule has 1 aliphatic heterocycles. The zero-order valence-corrected chi connectivity index (χ0v) is 19.9. The van der Waals surface area contributed by atoms with E-state index in [1.54, 1.807) is 29.2 Å². The summed E-state index contributed by atoms with van der Waals surface area (Å²) in [6.07, 6.45) is 3.41. The number of carbonyl (C=O) groups is 2. The summed E-state index contributed by atoms with van der Waals surface area (Å²) in [6, 6.07) is 14.9. The lowest BCUT2D eigenvalue weighted by molar-refractivity contribution is -0.118. The third-order valence-electron chi connectivity index (χ3n) is 5.68. The van der Waals surface area contributed by atoms with Gasteiger partial charge in [-0.25, -0.2) is 4.98 Å². The lowest BCUT2D eigenvalue weighted by Gasteiger charge is -2.18. The maximum atomic E-state index is 12.2. The fourth-order valence-corrected chi connectivity index (χ4v) is 4.71. The van der Waals surface area contributed by atoms with E-state index in [9.17, 15) is 9.59 Å². The number of hydrogen-bond donors (Lipinski definition) is 2. The maximum Gasteiger partial charge on any atom is 0.247 e. The molecular weight excluding hydrogens is 462 g/mol. The third-order valence-corrected chi connectivity index (χ3v) is 6.57. The van der Waals surface area contributed by atoms with E-state index in [1.165, 1.54) is 17.4 Å². The molecule has 2 N–H and O–H groups in total. The number of carbonyl (C=O) groups excluding carboxylic acids is 2. The second-order valence-corrected chi connectivity index (χ2v) is 9.00. The molecule has 0 saturated carbocycles. The Morgan fingerprint density at radius 2 is 2.03 bits per heavy atom. The summed E-state index contributed by atoms with van der Waals surface area (Å²) in [5.74, 6) is 1.18. The van der Waals surface area contributed by atoms with Gasteiger partial charge in [-0.2, -0.15) is 4.98 Å². The summed E-state index contributed by atoms with van der Waals surface area (Å²) >= 11 is 1.49. The molecule has 176 valence electrons. The number of benzene rings is 2. The number of fused-ring (bicyclic) bond motifs is 2. The number of ether oxygens (including phenoxy) is 1. The Morgan fingerprint density at radius 1 is 1.14 bits per heavy atom. The smallest absolute Gasteiger partial charge is 0.247 e. The second kappa shape index (κ2) is 9.55. The number of amides is 2. The van der Waals surface area contributed by atoms with E-state index in [2.05, 4.69) is 27.2 Å². The Labute approximate surface area is 206 Å². The lowest BCUT2D eigenvalue weighted by Crippen LogP contribution is -2.24. The second-order valence-electron chi connectivity index (χ2n) is 8.09. The van der Waals surface area contributed by atoms with Crippen LogP contribution in [0.2, 0.25) is 0 Å². The van der Waals surface area contributed by atoms with Gasteiger partial charge in [-0.3, -0.25) is 9.59 Å². The van der Waals surface area contributed by atoms with Gasteiger partial charge >= 0.3 is 0 Å². The van der Waals surface area contributed by atoms with Crippen LogP contribution in [0, 0.1) is 0 Å². The highest BCUT2D eigenvalue weighted by atomic mass is 32.1. The number of nitrogens with one attached hydrogen (secondary N) is 2. The van der Waals surface area contributed by atoms with Crippen molar-refractivity contribution >= 4 is 56.4 Å². The minimum Gasteiger partial charge on any atom is -0.437 e. The summed E-state index contributed by atoms with van der Waals surface area (Å²) in [6.45, 7) is 3.47. The van der Waals surface area contributed by atoms with Crippen LogP contribution in [-0.2, 0) is 16.0 Å². The number of rotatable bonds is 6. The molecule has 0 radical (unpaired) electrons. The quantitative estimate of drug-likeness (QED) is 0.343. The summed E-state index contributed by atoms with van der Waals surface area (Å²) in [4.78, 5) is 34.8. The van der Waals surface area contributed by atoms with Crippen LogP contribution in [0.4, 0.5) is 23.0 Å². The molecule has 35 heavy (non-hydrogen) atoms. The Kier molecular flexibility index (Phi) is 6.15. The van der Waals surface area contributed by atoms with Crippen molar-refractivity contribution in [2.24, 2.45) is 0 Å². The molecule has 0 unspecified atom stereocenters. The summed E-state index contributed by atoms with van der Waals surface area (Å²) in [7, 11) is 1.81. The molecule has 2 aromatic heterocycles. The number of hydrogen-bond acceptors (Lipinski definition) is 7. The van der Waals surface area contributed by atoms with Crippen LogP contribution in [-0.4, -0.2) is 28.8 Å². The molecule has 0 spiro atoms. The topological polar surface area (TPSA) is 96.4 Å². The zero-order valence-electron chi connectivity index (χ0n) is 19.1. The number of thiophene rings is 1. The number of anilines is 4. The summed E-state index contributed by atoms with van der Waals surface area (Å²) in [5.41, 5.74) is 4.23. The standard InChI is InChI=1S/C26H23N5O3S/c1-3-22(32)27-17-7-5-8-19(15-17)34-25-24-20(12-13-35-24)29-26(30-25)28-18-10-11-21-16(14-18)6-4-9-23(33)31(21)2/h3,5,7-8,10-15H,1,4,6,9H2,2H3,(H,27,32)(H,28,29,30). The van der Waals surface area contributed by atoms with E-state index in [1.807, 2.05) is 36.7 Å². The minimum absolute atomic E-state index is 0.130. The molecule has 8 nitrogen and oxygen atoms in total. The SMILES string of the molecule is C=CC(=O)Nc1cccc(Oc2nc(Nc3ccc4c(c3)CCCC(=O)N4C)nc3ccsc23)c1. The monoisotopic (exact) mass is 485 g/mol. The van der Waals surface area contributed by atoms with Crippen LogP contribution >= 0.6 is 11.3 Å². The van der Waals surface area contributed by atoms with E-state index in [-0.39, 0.29) is 11.8 Å². The van der Waals surface area contributed by atoms with Crippen LogP contribution in [0.5, 0.6) is 11.6 Å². The average molecular weight is 486 g/mol. The van der Waals surface area contributed by atoms with Gasteiger partial charge in [-0.15, -0.1) is 11.3 Å². The minimum atomic E-state index is -0.298. The Morgan fingerprint density at radius 3 is 2.89 bits per heavy atom. The predicted molar refractivity (Wildman–Crippen MR) is 139 cm³/mol. The zero-order chi connectivity index (χ0) is 24.4. The maximum absolute atomic E-state index is 12.2. The van der Waals surface area contributed by atoms with Gasteiger partial charge in [-0.1, -0.05) is 12.6 Å². The van der Waals surface area contributed by atoms with Gasteiger partial charge in [-0.05, 0) is 66.3 Å². The highest BCUT2D eigenvalue weighted by Gasteiger charge is 2.19. The summed E-state index contributed by atoms with van der Waals surface area (Å²) in [5, 5.41) is 7.95. The number of aromatic nitrogens is 2. The largest absolute Gasteiger partial charge is 0.437 e. The van der Waals surface area contributed by atoms with Gasteiger partial charge in [0.05, 0.1) is 5.52 Å². The van der Waals surface area contributed by atoms with Crippen molar-refractivity contribution < 1.29 is 14.3 Å². The van der Waals surface area contributed by atoms with Crippen LogP contribution in [0.1, 0.15) is 18.4 Å². The molecule has 4 aromatic rings. The van der Waals surface area contributed by atoms with Crippen molar-refractivity contribution in [3.63, 3.8) is 0 Å². The highest BCUT2D eigenvalue weighted by Crippen LogP contribution is 2.34. The van der Waals surface area contributed by atoms with Gasteiger partial charge in [0, 0.05) is 36.6 Å². The predicted octanol–water partition coefficient (Wildman–Crippen LogP) is 5.65. The van der Waals surface area contributed by atoms with Gasteiger partial charge in [0.15, 0.2) is 0 Å². The molecule has 1 aliphatic rings. The van der Waals surface area contributed by atoms with E-state index in [4.69, 9.17) is 4.74 Å². The first-order valence-corrected chi connectivity index (χ1v) is 12.0. The Balaban J connectivity index is 1.43. The van der Waals surface area contributed by atoms with E-state index in [0.29, 0.717) is 29.7 Å². The van der Waals surface area contributed by atoms with Crippen LogP contribution in [0.3, 0.4) is 0 Å². The molecule has 3 heterocycles. The first-order valence-electron chi connectivity index (χ1n) is 11.1. The fourth-order valence-electron chi connectivity index (χ4n) is 3.96. The fraction of sp³-hybridized carbons (Fsp3) is 0.154. The van der Waals surface area contributed by atoms with Crippen molar-refractivity contribution in [3.8, 4) is 11.6 Å². The molecule has 2 amide bonds. The molecule has 2 aromatic carbocycles. The first kappa shape index (κ1) is 22.5. The van der Waals surface area contributed by atoms with Crippen molar-refractivity contribution in [1.82, 2.24) is 9.97 Å². The van der Waals surface area contributed by atoms with Crippen LogP contribution in [0.15, 0.2) is 66.6 Å². The molecule has 9 heteroatoms. The van der Waals surface area contributed by atoms with E-state index in [0.717, 1.165) is 40.0 Å². The average Bonchev–Trinajstić information content (AvgIpc) is 3.28. The Hall–Kier alpha value is -4.24. The molecule has 0 atom stereocenters. The number of aryl methyl sites for hydroxylation is 1. The van der Waals surface area contributed by atoms with Crippen molar-refractivity contribution in [2.45, 2.75) is 19.3 Å². The van der Waals surface area contributed by atoms with Crippen LogP contribution in [0.25, 0.3) is 10.2 Å². The van der Waals surface area contributed by atoms with E-state index < -0.39 is 0 Å². The first-order chi connectivity index (χ1) is 17.0. The number of nitrogens with zero attached hydrogens (tertiary/aromatic N) is 3. The Bertz CT molecular complexity index is 1450. The molecule has 0 fully saturated rings. The van der Waals surface area contributed by atoms with Crippen LogP contribution < -0.4 is 20.3 Å². The van der Waals surface area contributed by atoms with Gasteiger partial charge in [0.1, 0.15) is 10.4 Å². The molecule has 0 saturated heterocycles. The normalized spacial score (nSPS) is 13.2. The summed E-state index contributed by atoms with van der Waals surface area (Å²) < 4.78 is 6.93. The van der Waals surface area contributed by atoms with Crippen molar-refractivity contribution in [2.75, 3.05) is 22.6 Å². The molecule has 0 aliphatic carbocycles. The molecule has 5 rings (SSSR count). The van der Waals surface area contributed by atoms with Gasteiger partial charge in [0.2, 0.25) is 23.6 Å².